The summed E-state index contributed by atoms with van der Waals surface area (Å²) < 4.78 is 16.6. The van der Waals surface area contributed by atoms with Gasteiger partial charge in [0.2, 0.25) is 0 Å². The molecule has 0 saturated heterocycles. The van der Waals surface area contributed by atoms with Gasteiger partial charge in [-0.2, -0.15) is 0 Å². The van der Waals surface area contributed by atoms with E-state index >= 15 is 0 Å². The van der Waals surface area contributed by atoms with E-state index in [1.807, 2.05) is 60.8 Å². The van der Waals surface area contributed by atoms with E-state index in [0.717, 1.165) is 103 Å². The first-order chi connectivity index (χ1) is 29.5. The Morgan fingerprint density at radius 1 is 0.350 bits per heavy atom. The molecule has 0 fully saturated rings. The van der Waals surface area contributed by atoms with E-state index in [-0.39, 0.29) is 50.4 Å². The molecule has 0 amide bonds. The molecule has 0 spiro atoms. The molecule has 0 aliphatic heterocycles. The Balaban J connectivity index is 4.61. The minimum Gasteiger partial charge on any atom is -0.462 e. The minimum absolute atomic E-state index is 0.133. The van der Waals surface area contributed by atoms with E-state index in [0.29, 0.717) is 12.8 Å². The van der Waals surface area contributed by atoms with Crippen molar-refractivity contribution in [1.82, 2.24) is 0 Å². The SMILES string of the molecule is CC\C=C/C=C\C=C/C=C\C=C\C=C/CCCCCC(=O)OCC(COC(=O)CCC/C=C\C/C=C\C/C=C\CC)OC(=O)CCCCCC/C=C\C/C=C\C/C=C\CC. The van der Waals surface area contributed by atoms with Crippen LogP contribution < -0.4 is 0 Å². The summed E-state index contributed by atoms with van der Waals surface area (Å²) in [6, 6.07) is 0. The van der Waals surface area contributed by atoms with Crippen molar-refractivity contribution >= 4 is 17.9 Å². The second kappa shape index (κ2) is 47.0. The predicted molar refractivity (Wildman–Crippen MR) is 255 cm³/mol. The molecule has 0 N–H and O–H groups in total. The molecule has 6 heteroatoms. The third kappa shape index (κ3) is 44.4. The maximum Gasteiger partial charge on any atom is 0.306 e. The lowest BCUT2D eigenvalue weighted by Crippen LogP contribution is -2.30. The Morgan fingerprint density at radius 3 is 1.20 bits per heavy atom. The summed E-state index contributed by atoms with van der Waals surface area (Å²) in [5.74, 6) is -1.07. The normalized spacial score (nSPS) is 13.4. The summed E-state index contributed by atoms with van der Waals surface area (Å²) in [4.78, 5) is 37.8. The van der Waals surface area contributed by atoms with Crippen LogP contribution in [-0.4, -0.2) is 37.2 Å². The van der Waals surface area contributed by atoms with Crippen LogP contribution in [-0.2, 0) is 28.6 Å². The zero-order chi connectivity index (χ0) is 43.7. The van der Waals surface area contributed by atoms with Crippen LogP contribution in [0, 0.1) is 0 Å². The van der Waals surface area contributed by atoms with Gasteiger partial charge in [-0.05, 0) is 96.3 Å². The fraction of sp³-hybridized carbons (Fsp3) is 0.500. The largest absolute Gasteiger partial charge is 0.462 e. The topological polar surface area (TPSA) is 78.9 Å². The Bertz CT molecular complexity index is 1410. The second-order valence-electron chi connectivity index (χ2n) is 14.3. The average Bonchev–Trinajstić information content (AvgIpc) is 3.24. The minimum atomic E-state index is -0.833. The highest BCUT2D eigenvalue weighted by Crippen LogP contribution is 2.11. The molecule has 332 valence electrons. The van der Waals surface area contributed by atoms with Gasteiger partial charge in [0.1, 0.15) is 13.2 Å². The standard InChI is InChI=1S/C54H80O6/c1-4-7-10-13-16-19-22-24-26-27-28-30-32-35-38-41-44-47-53(56)59-50-51(49-58-52(55)46-43-40-37-34-31-21-18-15-12-9-6-3)60-54(57)48-45-42-39-36-33-29-25-23-20-17-14-11-8-5-2/h7-13,16-22,24-30,32,34,37,51H,4-6,14-15,23,31,33,35-36,38-50H2,1-3H3/b10-7-,11-8-,12-9-,16-13-,20-17-,21-18-,22-19-,26-24-,28-27+,29-25-,32-30-,37-34-. The summed E-state index contributed by atoms with van der Waals surface area (Å²) in [5, 5.41) is 0. The Morgan fingerprint density at radius 2 is 0.700 bits per heavy atom. The van der Waals surface area contributed by atoms with Crippen molar-refractivity contribution in [2.45, 2.75) is 162 Å². The third-order valence-electron chi connectivity index (χ3n) is 8.73. The third-order valence-corrected chi connectivity index (χ3v) is 8.73. The molecule has 0 rings (SSSR count). The van der Waals surface area contributed by atoms with Crippen molar-refractivity contribution in [2.75, 3.05) is 13.2 Å². The molecule has 0 aromatic heterocycles. The maximum atomic E-state index is 12.7. The quantitative estimate of drug-likeness (QED) is 0.0203. The second-order valence-corrected chi connectivity index (χ2v) is 14.3. The first kappa shape index (κ1) is 55.3. The van der Waals surface area contributed by atoms with Crippen molar-refractivity contribution in [1.29, 1.82) is 0 Å². The van der Waals surface area contributed by atoms with Gasteiger partial charge in [0.05, 0.1) is 0 Å². The summed E-state index contributed by atoms with van der Waals surface area (Å²) in [6.07, 6.45) is 66.9. The van der Waals surface area contributed by atoms with Crippen molar-refractivity contribution in [3.05, 3.63) is 146 Å². The Kier molecular flexibility index (Phi) is 43.3. The van der Waals surface area contributed by atoms with Crippen LogP contribution >= 0.6 is 0 Å². The lowest BCUT2D eigenvalue weighted by molar-refractivity contribution is -0.167. The molecule has 0 aromatic rings. The van der Waals surface area contributed by atoms with Crippen LogP contribution in [0.3, 0.4) is 0 Å². The molecule has 0 aliphatic carbocycles. The van der Waals surface area contributed by atoms with Gasteiger partial charge in [0, 0.05) is 19.3 Å². The van der Waals surface area contributed by atoms with E-state index in [1.54, 1.807) is 0 Å². The van der Waals surface area contributed by atoms with Gasteiger partial charge in [-0.15, -0.1) is 0 Å². The van der Waals surface area contributed by atoms with Gasteiger partial charge in [0.25, 0.3) is 0 Å². The highest BCUT2D eigenvalue weighted by Gasteiger charge is 2.19. The van der Waals surface area contributed by atoms with Crippen molar-refractivity contribution in [3.8, 4) is 0 Å². The average molecular weight is 825 g/mol. The Hall–Kier alpha value is -4.71. The maximum absolute atomic E-state index is 12.7. The monoisotopic (exact) mass is 825 g/mol. The summed E-state index contributed by atoms with van der Waals surface area (Å²) >= 11 is 0. The van der Waals surface area contributed by atoms with Crippen LogP contribution in [0.2, 0.25) is 0 Å². The summed E-state index contributed by atoms with van der Waals surface area (Å²) in [7, 11) is 0. The van der Waals surface area contributed by atoms with Crippen LogP contribution in [0.25, 0.3) is 0 Å². The predicted octanol–water partition coefficient (Wildman–Crippen LogP) is 14.9. The van der Waals surface area contributed by atoms with E-state index < -0.39 is 6.10 Å². The van der Waals surface area contributed by atoms with Gasteiger partial charge in [-0.1, -0.05) is 186 Å². The molecule has 60 heavy (non-hydrogen) atoms. The number of allylic oxidation sites excluding steroid dienone is 24. The molecule has 6 nitrogen and oxygen atoms in total. The molecular weight excluding hydrogens is 745 g/mol. The van der Waals surface area contributed by atoms with Crippen LogP contribution in [0.1, 0.15) is 156 Å². The van der Waals surface area contributed by atoms with E-state index in [1.165, 1.54) is 0 Å². The van der Waals surface area contributed by atoms with Gasteiger partial charge in [-0.25, -0.2) is 0 Å². The molecule has 0 bridgehead atoms. The van der Waals surface area contributed by atoms with E-state index in [4.69, 9.17) is 14.2 Å². The van der Waals surface area contributed by atoms with Crippen molar-refractivity contribution in [3.63, 3.8) is 0 Å². The van der Waals surface area contributed by atoms with Gasteiger partial charge < -0.3 is 14.2 Å². The number of carbonyl (C=O) groups excluding carboxylic acids is 3. The van der Waals surface area contributed by atoms with Gasteiger partial charge in [-0.3, -0.25) is 14.4 Å². The molecule has 1 unspecified atom stereocenters. The molecule has 0 radical (unpaired) electrons. The number of hydrogen-bond acceptors (Lipinski definition) is 6. The fourth-order valence-electron chi connectivity index (χ4n) is 5.39. The molecule has 1 atom stereocenters. The van der Waals surface area contributed by atoms with Crippen LogP contribution in [0.4, 0.5) is 0 Å². The van der Waals surface area contributed by atoms with E-state index in [9.17, 15) is 14.4 Å². The first-order valence-corrected chi connectivity index (χ1v) is 22.9. The number of carbonyl (C=O) groups is 3. The molecule has 0 aliphatic rings. The van der Waals surface area contributed by atoms with Crippen molar-refractivity contribution in [2.24, 2.45) is 0 Å². The zero-order valence-corrected chi connectivity index (χ0v) is 37.6. The number of esters is 3. The molecule has 0 saturated carbocycles. The number of ether oxygens (including phenoxy) is 3. The van der Waals surface area contributed by atoms with Gasteiger partial charge >= 0.3 is 17.9 Å². The van der Waals surface area contributed by atoms with Crippen molar-refractivity contribution < 1.29 is 28.6 Å². The molecule has 0 aromatic carbocycles. The van der Waals surface area contributed by atoms with Gasteiger partial charge in [0.15, 0.2) is 6.10 Å². The van der Waals surface area contributed by atoms with Crippen LogP contribution in [0.5, 0.6) is 0 Å². The number of rotatable bonds is 38. The summed E-state index contributed by atoms with van der Waals surface area (Å²) in [6.45, 7) is 6.11. The highest BCUT2D eigenvalue weighted by molar-refractivity contribution is 5.71. The number of unbranched alkanes of at least 4 members (excludes halogenated alkanes) is 8. The zero-order valence-electron chi connectivity index (χ0n) is 37.6. The van der Waals surface area contributed by atoms with E-state index in [2.05, 4.69) is 106 Å². The lowest BCUT2D eigenvalue weighted by Gasteiger charge is -2.18. The highest BCUT2D eigenvalue weighted by atomic mass is 16.6. The first-order valence-electron chi connectivity index (χ1n) is 22.9. The molecular formula is C54H80O6. The van der Waals surface area contributed by atoms with Crippen LogP contribution in [0.15, 0.2) is 146 Å². The fourth-order valence-corrected chi connectivity index (χ4v) is 5.39. The lowest BCUT2D eigenvalue weighted by atomic mass is 10.1. The Labute approximate surface area is 366 Å². The molecule has 0 heterocycles. The summed E-state index contributed by atoms with van der Waals surface area (Å²) in [5.41, 5.74) is 0. The smallest absolute Gasteiger partial charge is 0.306 e. The number of hydrogen-bond donors (Lipinski definition) is 0.